The number of benzene rings is 1. The molecule has 6 N–H and O–H groups in total. The minimum atomic E-state index is -2.64. The number of fused-ring (bicyclic) bond motifs is 3. The van der Waals surface area contributed by atoms with E-state index in [0.29, 0.717) is 17.7 Å². The Hall–Kier alpha value is -4.30. The number of ether oxygens (including phenoxy) is 1. The summed E-state index contributed by atoms with van der Waals surface area (Å²) in [6.45, 7) is 2.14. The Morgan fingerprint density at radius 1 is 1.21 bits per heavy atom. The quantitative estimate of drug-likeness (QED) is 0.158. The lowest BCUT2D eigenvalue weighted by Gasteiger charge is -2.45. The van der Waals surface area contributed by atoms with E-state index in [1.165, 1.54) is 0 Å². The Labute approximate surface area is 224 Å². The van der Waals surface area contributed by atoms with E-state index >= 15 is 0 Å². The monoisotopic (exact) mass is 538 g/mol. The van der Waals surface area contributed by atoms with E-state index in [9.17, 15) is 39.6 Å². The molecule has 1 amide bonds. The molecule has 0 saturated heterocycles. The molecule has 0 radical (unpaired) electrons. The van der Waals surface area contributed by atoms with Gasteiger partial charge in [0.25, 0.3) is 5.91 Å². The zero-order valence-electron chi connectivity index (χ0n) is 21.8. The summed E-state index contributed by atoms with van der Waals surface area (Å²) in [6, 6.07) is 1.54. The molecule has 3 atom stereocenters. The number of hydrogen-bond donors (Lipinski definition) is 5. The van der Waals surface area contributed by atoms with Crippen LogP contribution in [0.4, 0.5) is 5.69 Å². The SMILES string of the molecule is CCCCOC(=O)C#Cc1cc(N(C)C)c2c(c1O)C(=O)C1=C(O)[C@]3(O)C(=O)C(C(N)=O)=C(O)C[C@@H]3CC1C2. The smallest absolute Gasteiger partial charge is 0.384 e. The predicted octanol–water partition coefficient (Wildman–Crippen LogP) is 1.34. The van der Waals surface area contributed by atoms with Crippen molar-refractivity contribution in [2.45, 2.75) is 44.6 Å². The number of aromatic hydroxyl groups is 1. The number of Topliss-reactive ketones (excluding diaryl/α,β-unsaturated/α-hetero) is 2. The predicted molar refractivity (Wildman–Crippen MR) is 138 cm³/mol. The van der Waals surface area contributed by atoms with Gasteiger partial charge in [-0.05, 0) is 36.8 Å². The van der Waals surface area contributed by atoms with Crippen molar-refractivity contribution in [2.75, 3.05) is 25.6 Å². The van der Waals surface area contributed by atoms with Crippen LogP contribution in [0.25, 0.3) is 0 Å². The summed E-state index contributed by atoms with van der Waals surface area (Å²) in [4.78, 5) is 52.4. The van der Waals surface area contributed by atoms with Gasteiger partial charge in [-0.3, -0.25) is 14.4 Å². The van der Waals surface area contributed by atoms with Crippen LogP contribution < -0.4 is 10.6 Å². The number of allylic oxidation sites excluding steroid dienone is 2. The topological polar surface area (TPSA) is 188 Å². The van der Waals surface area contributed by atoms with E-state index in [0.717, 1.165) is 6.42 Å². The molecule has 0 saturated carbocycles. The van der Waals surface area contributed by atoms with Crippen LogP contribution in [0.5, 0.6) is 5.75 Å². The van der Waals surface area contributed by atoms with Crippen LogP contribution in [-0.2, 0) is 25.5 Å². The number of phenolic OH excluding ortho intramolecular Hbond substituents is 1. The molecule has 1 unspecified atom stereocenters. The van der Waals surface area contributed by atoms with E-state index in [2.05, 4.69) is 11.8 Å². The molecule has 206 valence electrons. The highest BCUT2D eigenvalue weighted by Gasteiger charge is 2.59. The third kappa shape index (κ3) is 4.40. The third-order valence-corrected chi connectivity index (χ3v) is 7.55. The Morgan fingerprint density at radius 2 is 1.90 bits per heavy atom. The minimum Gasteiger partial charge on any atom is -0.511 e. The Kier molecular flexibility index (Phi) is 7.19. The van der Waals surface area contributed by atoms with Crippen LogP contribution >= 0.6 is 0 Å². The number of carbonyl (C=O) groups excluding carboxylic acids is 4. The molecule has 1 aromatic carbocycles. The van der Waals surface area contributed by atoms with E-state index in [-0.39, 0.29) is 42.6 Å². The average Bonchev–Trinajstić information content (AvgIpc) is 2.85. The van der Waals surface area contributed by atoms with Crippen LogP contribution in [0.2, 0.25) is 0 Å². The second-order valence-electron chi connectivity index (χ2n) is 10.2. The standard InChI is InChI=1S/C28H30N2O9/c1-4-5-8-39-19(32)7-6-13-11-17(30(2)3)16-10-14-9-15-12-18(31)22(27(29)37)26(36)28(15,38)25(35)20(14)24(34)21(16)23(13)33/h11,14-15,31,33,35,38H,4-5,8-10,12H2,1-3H3,(H2,29,37)/t14?,15-,28-/m0/s1. The summed E-state index contributed by atoms with van der Waals surface area (Å²) >= 11 is 0. The summed E-state index contributed by atoms with van der Waals surface area (Å²) < 4.78 is 5.02. The summed E-state index contributed by atoms with van der Waals surface area (Å²) in [5.74, 6) is -3.03. The van der Waals surface area contributed by atoms with Crippen molar-refractivity contribution < 1.29 is 44.3 Å². The van der Waals surface area contributed by atoms with Crippen molar-refractivity contribution in [3.05, 3.63) is 45.4 Å². The minimum absolute atomic E-state index is 0.0261. The first kappa shape index (κ1) is 27.7. The first-order valence-electron chi connectivity index (χ1n) is 12.6. The first-order chi connectivity index (χ1) is 18.3. The lowest BCUT2D eigenvalue weighted by Crippen LogP contribution is -2.57. The summed E-state index contributed by atoms with van der Waals surface area (Å²) in [7, 11) is 3.45. The fraction of sp³-hybridized carbons (Fsp3) is 0.429. The maximum Gasteiger partial charge on any atom is 0.384 e. The number of hydrogen-bond acceptors (Lipinski definition) is 10. The molecule has 0 aromatic heterocycles. The lowest BCUT2D eigenvalue weighted by atomic mass is 9.60. The Bertz CT molecular complexity index is 1430. The molecule has 0 fully saturated rings. The highest BCUT2D eigenvalue weighted by Crippen LogP contribution is 2.52. The number of esters is 1. The number of ketones is 2. The molecule has 0 heterocycles. The second kappa shape index (κ2) is 10.1. The van der Waals surface area contributed by atoms with Crippen LogP contribution in [0.1, 0.15) is 54.1 Å². The summed E-state index contributed by atoms with van der Waals surface area (Å²) in [5, 5.41) is 43.9. The molecule has 11 nitrogen and oxygen atoms in total. The molecule has 3 aliphatic rings. The Balaban J connectivity index is 1.84. The Morgan fingerprint density at radius 3 is 2.51 bits per heavy atom. The van der Waals surface area contributed by atoms with Crippen molar-refractivity contribution in [1.29, 1.82) is 0 Å². The number of phenols is 1. The summed E-state index contributed by atoms with van der Waals surface area (Å²) in [6.07, 6.45) is 1.38. The van der Waals surface area contributed by atoms with Gasteiger partial charge in [0.2, 0.25) is 5.78 Å². The molecule has 1 aromatic rings. The van der Waals surface area contributed by atoms with Gasteiger partial charge in [0, 0.05) is 43.6 Å². The van der Waals surface area contributed by atoms with Gasteiger partial charge in [0.05, 0.1) is 17.7 Å². The molecule has 0 spiro atoms. The van der Waals surface area contributed by atoms with E-state index in [1.54, 1.807) is 25.1 Å². The largest absolute Gasteiger partial charge is 0.511 e. The highest BCUT2D eigenvalue weighted by atomic mass is 16.5. The second-order valence-corrected chi connectivity index (χ2v) is 10.2. The van der Waals surface area contributed by atoms with Gasteiger partial charge in [-0.1, -0.05) is 19.3 Å². The fourth-order valence-electron chi connectivity index (χ4n) is 5.63. The molecule has 0 bridgehead atoms. The zero-order chi connectivity index (χ0) is 28.8. The number of primary amides is 1. The molecule has 3 aliphatic carbocycles. The van der Waals surface area contributed by atoms with Gasteiger partial charge in [0.15, 0.2) is 11.4 Å². The van der Waals surface area contributed by atoms with E-state index < -0.39 is 63.7 Å². The highest BCUT2D eigenvalue weighted by molar-refractivity contribution is 6.24. The first-order valence-corrected chi connectivity index (χ1v) is 12.6. The van der Waals surface area contributed by atoms with Gasteiger partial charge < -0.3 is 35.8 Å². The number of aliphatic hydroxyl groups excluding tert-OH is 2. The van der Waals surface area contributed by atoms with Gasteiger partial charge >= 0.3 is 5.97 Å². The van der Waals surface area contributed by atoms with Crippen LogP contribution in [0.15, 0.2) is 28.7 Å². The van der Waals surface area contributed by atoms with Gasteiger partial charge in [0.1, 0.15) is 22.8 Å². The van der Waals surface area contributed by atoms with E-state index in [4.69, 9.17) is 10.5 Å². The molecule has 4 rings (SSSR count). The molecule has 39 heavy (non-hydrogen) atoms. The lowest BCUT2D eigenvalue weighted by molar-refractivity contribution is -0.144. The van der Waals surface area contributed by atoms with Crippen LogP contribution in [-0.4, -0.2) is 70.2 Å². The summed E-state index contributed by atoms with van der Waals surface area (Å²) in [5.41, 5.74) is 2.27. The number of anilines is 1. The van der Waals surface area contributed by atoms with Crippen molar-refractivity contribution in [1.82, 2.24) is 0 Å². The number of nitrogens with two attached hydrogens (primary N) is 1. The number of carbonyl (C=O) groups is 4. The maximum absolute atomic E-state index is 13.8. The molecule has 11 heteroatoms. The van der Waals surface area contributed by atoms with Gasteiger partial charge in [-0.2, -0.15) is 0 Å². The number of nitrogens with zero attached hydrogens (tertiary/aromatic N) is 1. The number of aliphatic hydroxyl groups is 3. The van der Waals surface area contributed by atoms with Crippen molar-refractivity contribution in [2.24, 2.45) is 17.6 Å². The van der Waals surface area contributed by atoms with Crippen LogP contribution in [0.3, 0.4) is 0 Å². The zero-order valence-corrected chi connectivity index (χ0v) is 21.8. The van der Waals surface area contributed by atoms with Gasteiger partial charge in [-0.25, -0.2) is 4.79 Å². The number of unbranched alkanes of at least 4 members (excludes halogenated alkanes) is 1. The van der Waals surface area contributed by atoms with Crippen molar-refractivity contribution in [3.8, 4) is 17.6 Å². The number of amides is 1. The third-order valence-electron chi connectivity index (χ3n) is 7.55. The van der Waals surface area contributed by atoms with Gasteiger partial charge in [-0.15, -0.1) is 0 Å². The number of rotatable bonds is 5. The van der Waals surface area contributed by atoms with E-state index in [1.807, 2.05) is 6.92 Å². The molecular weight excluding hydrogens is 508 g/mol. The normalized spacial score (nSPS) is 23.8. The molecular formula is C28H30N2O9. The average molecular weight is 539 g/mol. The van der Waals surface area contributed by atoms with Crippen LogP contribution in [0, 0.1) is 23.7 Å². The fourth-order valence-corrected chi connectivity index (χ4v) is 5.63. The molecule has 0 aliphatic heterocycles. The maximum atomic E-state index is 13.8. The van der Waals surface area contributed by atoms with Crippen molar-refractivity contribution in [3.63, 3.8) is 0 Å². The van der Waals surface area contributed by atoms with Crippen molar-refractivity contribution >= 4 is 29.1 Å².